The molecule has 0 unspecified atom stereocenters. The summed E-state index contributed by atoms with van der Waals surface area (Å²) in [5.74, 6) is -0.242. The zero-order valence-corrected chi connectivity index (χ0v) is 13.1. The molecule has 0 fully saturated rings. The molecule has 23 heavy (non-hydrogen) atoms. The lowest BCUT2D eigenvalue weighted by Gasteiger charge is -2.23. The van der Waals surface area contributed by atoms with E-state index in [1.165, 1.54) is 34.6 Å². The van der Waals surface area contributed by atoms with Crippen molar-refractivity contribution in [1.82, 2.24) is 0 Å². The van der Waals surface area contributed by atoms with E-state index in [2.05, 4.69) is 6.58 Å². The van der Waals surface area contributed by atoms with Crippen LogP contribution < -0.4 is 4.31 Å². The molecule has 6 nitrogen and oxygen atoms in total. The molecular formula is C16H16N2O4S. The molecular weight excluding hydrogens is 316 g/mol. The van der Waals surface area contributed by atoms with E-state index in [4.69, 9.17) is 0 Å². The summed E-state index contributed by atoms with van der Waals surface area (Å²) >= 11 is 0. The Bertz CT molecular complexity index is 787. The van der Waals surface area contributed by atoms with Crippen LogP contribution in [0.4, 0.5) is 11.4 Å². The highest BCUT2D eigenvalue weighted by Crippen LogP contribution is 2.21. The van der Waals surface area contributed by atoms with Gasteiger partial charge in [0.2, 0.25) is 10.0 Å². The van der Waals surface area contributed by atoms with Gasteiger partial charge in [-0.1, -0.05) is 36.4 Å². The monoisotopic (exact) mass is 332 g/mol. The fraction of sp³-hybridized carbons (Fsp3) is 0.125. The minimum absolute atomic E-state index is 0.0721. The third-order valence-electron chi connectivity index (χ3n) is 3.17. The van der Waals surface area contributed by atoms with Crippen molar-refractivity contribution in [2.75, 3.05) is 10.8 Å². The number of hydrogen-bond acceptors (Lipinski definition) is 4. The molecule has 2 aromatic carbocycles. The number of para-hydroxylation sites is 1. The number of hydrogen-bond donors (Lipinski definition) is 0. The molecule has 0 aliphatic heterocycles. The summed E-state index contributed by atoms with van der Waals surface area (Å²) in [5.41, 5.74) is 0.965. The van der Waals surface area contributed by atoms with Gasteiger partial charge in [0.15, 0.2) is 0 Å². The first kappa shape index (κ1) is 16.7. The average molecular weight is 332 g/mol. The molecule has 0 N–H and O–H groups in total. The van der Waals surface area contributed by atoms with Crippen LogP contribution in [0.15, 0.2) is 67.3 Å². The molecule has 0 amide bonds. The van der Waals surface area contributed by atoms with Crippen LogP contribution in [-0.4, -0.2) is 19.9 Å². The molecule has 0 heterocycles. The van der Waals surface area contributed by atoms with Crippen molar-refractivity contribution in [3.63, 3.8) is 0 Å². The first-order valence-electron chi connectivity index (χ1n) is 6.84. The Labute approximate surface area is 134 Å². The van der Waals surface area contributed by atoms with Crippen molar-refractivity contribution < 1.29 is 13.3 Å². The summed E-state index contributed by atoms with van der Waals surface area (Å²) in [6.07, 6.45) is 1.51. The predicted octanol–water partition coefficient (Wildman–Crippen LogP) is 3.12. The van der Waals surface area contributed by atoms with Gasteiger partial charge in [0.05, 0.1) is 22.9 Å². The largest absolute Gasteiger partial charge is 0.269 e. The molecule has 0 atom stereocenters. The van der Waals surface area contributed by atoms with Crippen LogP contribution >= 0.6 is 0 Å². The van der Waals surface area contributed by atoms with Gasteiger partial charge in [0.1, 0.15) is 0 Å². The van der Waals surface area contributed by atoms with Gasteiger partial charge in [-0.25, -0.2) is 8.42 Å². The van der Waals surface area contributed by atoms with E-state index >= 15 is 0 Å². The SMILES string of the molecule is C=CCN(c1ccccc1)S(=O)(=O)Cc1ccc([N+](=O)[O-])cc1. The van der Waals surface area contributed by atoms with E-state index in [9.17, 15) is 18.5 Å². The number of non-ortho nitro benzene ring substituents is 1. The van der Waals surface area contributed by atoms with Gasteiger partial charge in [0, 0.05) is 12.1 Å². The zero-order chi connectivity index (χ0) is 16.9. The van der Waals surface area contributed by atoms with Gasteiger partial charge in [-0.15, -0.1) is 6.58 Å². The smallest absolute Gasteiger partial charge is 0.266 e. The van der Waals surface area contributed by atoms with Crippen LogP contribution in [0.1, 0.15) is 5.56 Å². The second-order valence-electron chi connectivity index (χ2n) is 4.84. The van der Waals surface area contributed by atoms with Gasteiger partial charge < -0.3 is 0 Å². The van der Waals surface area contributed by atoms with Gasteiger partial charge in [-0.05, 0) is 17.7 Å². The molecule has 7 heteroatoms. The van der Waals surface area contributed by atoms with Crippen LogP contribution in [0, 0.1) is 10.1 Å². The summed E-state index contributed by atoms with van der Waals surface area (Å²) in [6, 6.07) is 14.2. The molecule has 2 rings (SSSR count). The van der Waals surface area contributed by atoms with Crippen molar-refractivity contribution in [3.8, 4) is 0 Å². The van der Waals surface area contributed by atoms with Crippen molar-refractivity contribution in [2.45, 2.75) is 5.75 Å². The molecule has 0 saturated carbocycles. The van der Waals surface area contributed by atoms with E-state index in [-0.39, 0.29) is 18.0 Å². The minimum atomic E-state index is -3.63. The van der Waals surface area contributed by atoms with Gasteiger partial charge in [-0.3, -0.25) is 14.4 Å². The maximum atomic E-state index is 12.7. The summed E-state index contributed by atoms with van der Waals surface area (Å²) in [6.45, 7) is 3.75. The molecule has 0 aromatic heterocycles. The Morgan fingerprint density at radius 1 is 1.09 bits per heavy atom. The van der Waals surface area contributed by atoms with E-state index < -0.39 is 14.9 Å². The number of nitrogens with zero attached hydrogens (tertiary/aromatic N) is 2. The molecule has 120 valence electrons. The van der Waals surface area contributed by atoms with Crippen LogP contribution in [0.25, 0.3) is 0 Å². The molecule has 0 aliphatic rings. The van der Waals surface area contributed by atoms with Gasteiger partial charge >= 0.3 is 0 Å². The first-order chi connectivity index (χ1) is 10.9. The number of rotatable bonds is 7. The highest BCUT2D eigenvalue weighted by Gasteiger charge is 2.22. The summed E-state index contributed by atoms with van der Waals surface area (Å²) in [7, 11) is -3.63. The van der Waals surface area contributed by atoms with Crippen molar-refractivity contribution in [2.24, 2.45) is 0 Å². The average Bonchev–Trinajstić information content (AvgIpc) is 2.53. The lowest BCUT2D eigenvalue weighted by molar-refractivity contribution is -0.384. The Balaban J connectivity index is 2.27. The van der Waals surface area contributed by atoms with Crippen molar-refractivity contribution >= 4 is 21.4 Å². The third-order valence-corrected chi connectivity index (χ3v) is 4.90. The number of nitro benzene ring substituents is 1. The molecule has 0 spiro atoms. The molecule has 0 aliphatic carbocycles. The van der Waals surface area contributed by atoms with E-state index in [0.717, 1.165) is 0 Å². The van der Waals surface area contributed by atoms with Crippen molar-refractivity contribution in [3.05, 3.63) is 82.9 Å². The maximum Gasteiger partial charge on any atom is 0.269 e. The number of sulfonamides is 1. The Kier molecular flexibility index (Phi) is 5.13. The highest BCUT2D eigenvalue weighted by molar-refractivity contribution is 7.92. The van der Waals surface area contributed by atoms with E-state index in [1.807, 2.05) is 0 Å². The standard InChI is InChI=1S/C16H16N2O4S/c1-2-12-17(15-6-4-3-5-7-15)23(21,22)13-14-8-10-16(11-9-14)18(19)20/h2-11H,1,12-13H2. The molecule has 0 radical (unpaired) electrons. The first-order valence-corrected chi connectivity index (χ1v) is 8.44. The maximum absolute atomic E-state index is 12.7. The number of benzene rings is 2. The fourth-order valence-electron chi connectivity index (χ4n) is 2.09. The van der Waals surface area contributed by atoms with Gasteiger partial charge in [0.25, 0.3) is 5.69 Å². The lowest BCUT2D eigenvalue weighted by atomic mass is 10.2. The zero-order valence-electron chi connectivity index (χ0n) is 12.3. The Hall–Kier alpha value is -2.67. The minimum Gasteiger partial charge on any atom is -0.266 e. The normalized spacial score (nSPS) is 11.0. The van der Waals surface area contributed by atoms with Crippen LogP contribution in [-0.2, 0) is 15.8 Å². The second-order valence-corrected chi connectivity index (χ2v) is 6.73. The molecule has 2 aromatic rings. The molecule has 0 bridgehead atoms. The van der Waals surface area contributed by atoms with E-state index in [0.29, 0.717) is 11.3 Å². The summed E-state index contributed by atoms with van der Waals surface area (Å²) in [5, 5.41) is 10.6. The Morgan fingerprint density at radius 3 is 2.22 bits per heavy atom. The highest BCUT2D eigenvalue weighted by atomic mass is 32.2. The van der Waals surface area contributed by atoms with Crippen LogP contribution in [0.5, 0.6) is 0 Å². The van der Waals surface area contributed by atoms with Gasteiger partial charge in [-0.2, -0.15) is 0 Å². The second kappa shape index (κ2) is 7.06. The number of nitro groups is 1. The summed E-state index contributed by atoms with van der Waals surface area (Å²) in [4.78, 5) is 10.1. The summed E-state index contributed by atoms with van der Waals surface area (Å²) < 4.78 is 26.6. The predicted molar refractivity (Wildman–Crippen MR) is 89.7 cm³/mol. The fourth-order valence-corrected chi connectivity index (χ4v) is 3.64. The van der Waals surface area contributed by atoms with E-state index in [1.54, 1.807) is 30.3 Å². The number of anilines is 1. The van der Waals surface area contributed by atoms with Crippen molar-refractivity contribution in [1.29, 1.82) is 0 Å². The van der Waals surface area contributed by atoms with Crippen LogP contribution in [0.3, 0.4) is 0 Å². The quantitative estimate of drug-likeness (QED) is 0.443. The lowest BCUT2D eigenvalue weighted by Crippen LogP contribution is -2.32. The molecule has 0 saturated heterocycles. The third kappa shape index (κ3) is 4.17. The van der Waals surface area contributed by atoms with Crippen LogP contribution in [0.2, 0.25) is 0 Å². The topological polar surface area (TPSA) is 80.5 Å². The Morgan fingerprint density at radius 2 is 1.70 bits per heavy atom.